The smallest absolute Gasteiger partial charge is 0.328 e. The zero-order valence-electron chi connectivity index (χ0n) is 35.4. The molecule has 0 aliphatic heterocycles. The number of esters is 1. The Hall–Kier alpha value is -2.68. The van der Waals surface area contributed by atoms with Crippen LogP contribution in [0.2, 0.25) is 0 Å². The Morgan fingerprint density at radius 3 is 1.49 bits per heavy atom. The van der Waals surface area contributed by atoms with Gasteiger partial charge in [0.2, 0.25) is 11.8 Å². The fourth-order valence-electron chi connectivity index (χ4n) is 6.69. The summed E-state index contributed by atoms with van der Waals surface area (Å²) < 4.78 is 6.03. The third-order valence-electron chi connectivity index (χ3n) is 10.2. The van der Waals surface area contributed by atoms with E-state index in [2.05, 4.69) is 48.8 Å². The molecule has 9 nitrogen and oxygen atoms in total. The lowest BCUT2D eigenvalue weighted by atomic mass is 10.0. The highest BCUT2D eigenvalue weighted by Crippen LogP contribution is 2.19. The minimum absolute atomic E-state index is 0.0131. The Labute approximate surface area is 336 Å². The Morgan fingerprint density at radius 1 is 0.545 bits per heavy atom. The number of carboxylic acids is 1. The number of aliphatic hydroxyl groups excluding tert-OH is 1. The van der Waals surface area contributed by atoms with Gasteiger partial charge in [-0.25, -0.2) is 4.79 Å². The largest absolute Gasteiger partial charge is 0.480 e. The number of rotatable bonds is 41. The van der Waals surface area contributed by atoms with E-state index in [9.17, 15) is 19.2 Å². The molecule has 0 radical (unpaired) electrons. The molecule has 0 saturated heterocycles. The van der Waals surface area contributed by atoms with Crippen LogP contribution in [-0.2, 0) is 23.9 Å². The molecule has 320 valence electrons. The molecule has 0 aromatic heterocycles. The van der Waals surface area contributed by atoms with Crippen molar-refractivity contribution in [3.8, 4) is 0 Å². The molecule has 0 aliphatic rings. The molecule has 0 saturated carbocycles. The molecule has 0 aromatic rings. The van der Waals surface area contributed by atoms with E-state index in [-0.39, 0.29) is 24.5 Å². The van der Waals surface area contributed by atoms with Gasteiger partial charge in [-0.15, -0.1) is 0 Å². The predicted molar refractivity (Wildman–Crippen MR) is 227 cm³/mol. The molecule has 9 heteroatoms. The van der Waals surface area contributed by atoms with E-state index in [1.54, 1.807) is 0 Å². The van der Waals surface area contributed by atoms with Gasteiger partial charge < -0.3 is 25.6 Å². The molecule has 4 N–H and O–H groups in total. The van der Waals surface area contributed by atoms with Crippen LogP contribution in [0, 0.1) is 0 Å². The zero-order valence-corrected chi connectivity index (χ0v) is 35.4. The first kappa shape index (κ1) is 52.3. The molecule has 0 rings (SSSR count). The van der Waals surface area contributed by atoms with Crippen molar-refractivity contribution < 1.29 is 34.1 Å². The van der Waals surface area contributed by atoms with Gasteiger partial charge in [-0.05, 0) is 70.6 Å². The van der Waals surface area contributed by atoms with Gasteiger partial charge in [0.1, 0.15) is 12.1 Å². The minimum atomic E-state index is -1.38. The Bertz CT molecular complexity index is 983. The van der Waals surface area contributed by atoms with Gasteiger partial charge in [0.05, 0.1) is 13.2 Å². The number of aliphatic carboxylic acids is 1. The summed E-state index contributed by atoms with van der Waals surface area (Å²) in [5.74, 6) is -2.29. The second-order valence-corrected chi connectivity index (χ2v) is 15.5. The maximum atomic E-state index is 12.8. The normalized spacial score (nSPS) is 12.6. The van der Waals surface area contributed by atoms with Gasteiger partial charge in [0, 0.05) is 12.8 Å². The van der Waals surface area contributed by atoms with E-state index in [0.717, 1.165) is 64.2 Å². The van der Waals surface area contributed by atoms with Crippen LogP contribution in [0.25, 0.3) is 0 Å². The monoisotopic (exact) mass is 777 g/mol. The zero-order chi connectivity index (χ0) is 40.5. The molecular weight excluding hydrogens is 693 g/mol. The lowest BCUT2D eigenvalue weighted by molar-refractivity contribution is -0.150. The van der Waals surface area contributed by atoms with Crippen LogP contribution in [0.1, 0.15) is 219 Å². The van der Waals surface area contributed by atoms with Crippen molar-refractivity contribution in [2.24, 2.45) is 0 Å². The van der Waals surface area contributed by atoms with E-state index in [1.807, 2.05) is 0 Å². The average molecular weight is 777 g/mol. The molecule has 0 aromatic carbocycles. The number of hydrogen-bond acceptors (Lipinski definition) is 6. The second-order valence-electron chi connectivity index (χ2n) is 15.5. The van der Waals surface area contributed by atoms with E-state index < -0.39 is 24.5 Å². The first-order valence-corrected chi connectivity index (χ1v) is 22.7. The molecule has 2 atom stereocenters. The van der Waals surface area contributed by atoms with Crippen molar-refractivity contribution in [2.45, 2.75) is 231 Å². The van der Waals surface area contributed by atoms with Gasteiger partial charge in [0.15, 0.2) is 0 Å². The van der Waals surface area contributed by atoms with Crippen molar-refractivity contribution in [3.63, 3.8) is 0 Å². The summed E-state index contributed by atoms with van der Waals surface area (Å²) in [5, 5.41) is 22.6. The first-order valence-electron chi connectivity index (χ1n) is 22.7. The fraction of sp³-hybridized carbons (Fsp3) is 0.826. The highest BCUT2D eigenvalue weighted by molar-refractivity contribution is 5.87. The topological polar surface area (TPSA) is 142 Å². The minimum Gasteiger partial charge on any atom is -0.480 e. The average Bonchev–Trinajstić information content (AvgIpc) is 3.17. The van der Waals surface area contributed by atoms with Gasteiger partial charge in [0.25, 0.3) is 0 Å². The van der Waals surface area contributed by atoms with Crippen molar-refractivity contribution >= 4 is 23.8 Å². The molecule has 2 unspecified atom stereocenters. The van der Waals surface area contributed by atoms with Crippen LogP contribution in [0.3, 0.4) is 0 Å². The summed E-state index contributed by atoms with van der Waals surface area (Å²) >= 11 is 0. The highest BCUT2D eigenvalue weighted by Gasteiger charge is 2.19. The highest BCUT2D eigenvalue weighted by atomic mass is 16.5. The quantitative estimate of drug-likeness (QED) is 0.0275. The third-order valence-corrected chi connectivity index (χ3v) is 10.2. The fourth-order valence-corrected chi connectivity index (χ4v) is 6.69. The molecule has 55 heavy (non-hydrogen) atoms. The van der Waals surface area contributed by atoms with Crippen LogP contribution in [0.4, 0.5) is 0 Å². The van der Waals surface area contributed by atoms with Gasteiger partial charge in [-0.3, -0.25) is 14.4 Å². The van der Waals surface area contributed by atoms with Gasteiger partial charge in [-0.2, -0.15) is 0 Å². The number of nitrogens with one attached hydrogen (secondary N) is 2. The van der Waals surface area contributed by atoms with Crippen LogP contribution < -0.4 is 10.6 Å². The third kappa shape index (κ3) is 38.0. The Morgan fingerprint density at radius 2 is 0.982 bits per heavy atom. The SMILES string of the molecule is CCCCC/C=C\C/C=C\CCCCCCCCCC(=O)OC(CCCCCCCCCCCC)CCCCCCCC(=O)NCC(=O)NC(CO)C(=O)O. The van der Waals surface area contributed by atoms with E-state index in [0.29, 0.717) is 19.3 Å². The number of allylic oxidation sites excluding steroid dienone is 4. The van der Waals surface area contributed by atoms with E-state index in [4.69, 9.17) is 14.9 Å². The first-order chi connectivity index (χ1) is 26.8. The molecule has 0 heterocycles. The summed E-state index contributed by atoms with van der Waals surface area (Å²) in [6.45, 7) is 3.46. The van der Waals surface area contributed by atoms with Crippen molar-refractivity contribution in [2.75, 3.05) is 13.2 Å². The lowest BCUT2D eigenvalue weighted by Crippen LogP contribution is -2.47. The number of hydrogen-bond donors (Lipinski definition) is 4. The summed E-state index contributed by atoms with van der Waals surface area (Å²) in [6, 6.07) is -1.38. The van der Waals surface area contributed by atoms with Crippen molar-refractivity contribution in [1.29, 1.82) is 0 Å². The number of carbonyl (C=O) groups is 4. The molecule has 0 aliphatic carbocycles. The van der Waals surface area contributed by atoms with E-state index in [1.165, 1.54) is 122 Å². The summed E-state index contributed by atoms with van der Waals surface area (Å²) in [6.07, 6.45) is 44.9. The van der Waals surface area contributed by atoms with Crippen molar-refractivity contribution in [3.05, 3.63) is 24.3 Å². The summed E-state index contributed by atoms with van der Waals surface area (Å²) in [7, 11) is 0. The number of carboxylic acid groups (broad SMARTS) is 1. The number of unbranched alkanes of at least 4 members (excludes halogenated alkanes) is 23. The Balaban J connectivity index is 4.25. The molecule has 0 bridgehead atoms. The molecule has 0 fully saturated rings. The molecular formula is C46H84N2O7. The van der Waals surface area contributed by atoms with Gasteiger partial charge in [-0.1, -0.05) is 160 Å². The van der Waals surface area contributed by atoms with Crippen LogP contribution in [0.15, 0.2) is 24.3 Å². The summed E-state index contributed by atoms with van der Waals surface area (Å²) in [5.41, 5.74) is 0. The standard InChI is InChI=1S/C46H84N2O7/c1-3-5-7-9-11-13-15-16-17-18-19-20-21-23-25-30-34-38-45(52)55-41(35-31-27-24-22-14-12-10-8-6-4-2)36-32-28-26-29-33-37-43(50)47-39-44(51)48-42(40-49)46(53)54/h11,13,16-17,41-42,49H,3-10,12,14-15,18-40H2,1-2H3,(H,47,50)(H,48,51)(H,53,54)/b13-11-,17-16-. The Kier molecular flexibility index (Phi) is 39.0. The van der Waals surface area contributed by atoms with Crippen LogP contribution in [-0.4, -0.2) is 59.3 Å². The van der Waals surface area contributed by atoms with Crippen LogP contribution >= 0.6 is 0 Å². The summed E-state index contributed by atoms with van der Waals surface area (Å²) in [4.78, 5) is 47.6. The molecule has 0 spiro atoms. The lowest BCUT2D eigenvalue weighted by Gasteiger charge is -2.18. The molecule has 2 amide bonds. The van der Waals surface area contributed by atoms with E-state index >= 15 is 0 Å². The number of aliphatic hydroxyl groups is 1. The number of carbonyl (C=O) groups excluding carboxylic acids is 3. The van der Waals surface area contributed by atoms with Crippen LogP contribution in [0.5, 0.6) is 0 Å². The predicted octanol–water partition coefficient (Wildman–Crippen LogP) is 11.2. The maximum absolute atomic E-state index is 12.8. The number of amides is 2. The second kappa shape index (κ2) is 41.0. The van der Waals surface area contributed by atoms with Crippen molar-refractivity contribution in [1.82, 2.24) is 10.6 Å². The number of ether oxygens (including phenoxy) is 1. The maximum Gasteiger partial charge on any atom is 0.328 e. The van der Waals surface area contributed by atoms with Gasteiger partial charge >= 0.3 is 11.9 Å².